The Balaban J connectivity index is 1.83. The first-order chi connectivity index (χ1) is 8.40. The third-order valence-electron chi connectivity index (χ3n) is 4.08. The Morgan fingerprint density at radius 1 is 1.17 bits per heavy atom. The van der Waals surface area contributed by atoms with Crippen LogP contribution in [0.1, 0.15) is 24.8 Å². The van der Waals surface area contributed by atoms with Crippen LogP contribution in [-0.4, -0.2) is 13.1 Å². The molecule has 98 valence electrons. The summed E-state index contributed by atoms with van der Waals surface area (Å²) < 4.78 is 38.8. The summed E-state index contributed by atoms with van der Waals surface area (Å²) in [5.74, 6) is 0. The topological polar surface area (TPSA) is 3.24 Å². The molecule has 1 aliphatic carbocycles. The molecule has 1 saturated carbocycles. The minimum Gasteiger partial charge on any atom is -0.369 e. The first kappa shape index (κ1) is 12.3. The fourth-order valence-electron chi connectivity index (χ4n) is 2.86. The molecule has 1 nitrogen and oxygen atoms in total. The van der Waals surface area contributed by atoms with Crippen LogP contribution in [0.15, 0.2) is 22.7 Å². The van der Waals surface area contributed by atoms with E-state index in [1.807, 2.05) is 4.90 Å². The fourth-order valence-corrected chi connectivity index (χ4v) is 3.36. The summed E-state index contributed by atoms with van der Waals surface area (Å²) in [5, 5.41) is 0. The highest BCUT2D eigenvalue weighted by Crippen LogP contribution is 2.50. The number of rotatable bonds is 1. The van der Waals surface area contributed by atoms with E-state index in [1.54, 1.807) is 0 Å². The largest absolute Gasteiger partial charge is 0.416 e. The summed E-state index contributed by atoms with van der Waals surface area (Å²) in [6, 6.07) is 3.85. The van der Waals surface area contributed by atoms with Crippen LogP contribution in [0, 0.1) is 5.41 Å². The quantitative estimate of drug-likeness (QED) is 0.738. The molecule has 0 N–H and O–H groups in total. The van der Waals surface area contributed by atoms with Crippen LogP contribution in [-0.2, 0) is 6.18 Å². The Morgan fingerprint density at radius 2 is 1.83 bits per heavy atom. The van der Waals surface area contributed by atoms with Gasteiger partial charge in [-0.1, -0.05) is 6.42 Å². The van der Waals surface area contributed by atoms with Gasteiger partial charge in [0.1, 0.15) is 0 Å². The van der Waals surface area contributed by atoms with E-state index in [0.29, 0.717) is 11.1 Å². The molecule has 0 aromatic heterocycles. The molecular formula is C13H13BrF3N. The molecule has 0 unspecified atom stereocenters. The normalized spacial score (nSPS) is 21.7. The summed E-state index contributed by atoms with van der Waals surface area (Å²) in [4.78, 5) is 2.04. The third kappa shape index (κ3) is 1.92. The molecule has 1 aromatic carbocycles. The monoisotopic (exact) mass is 319 g/mol. The second kappa shape index (κ2) is 3.89. The lowest BCUT2D eigenvalue weighted by Crippen LogP contribution is -2.60. The number of anilines is 1. The van der Waals surface area contributed by atoms with E-state index in [0.717, 1.165) is 23.6 Å². The van der Waals surface area contributed by atoms with Gasteiger partial charge in [-0.05, 0) is 47.0 Å². The number of benzene rings is 1. The molecule has 18 heavy (non-hydrogen) atoms. The minimum atomic E-state index is -4.27. The second-order valence-corrected chi connectivity index (χ2v) is 6.23. The van der Waals surface area contributed by atoms with E-state index in [-0.39, 0.29) is 0 Å². The molecular weight excluding hydrogens is 307 g/mol. The van der Waals surface area contributed by atoms with Gasteiger partial charge in [-0.15, -0.1) is 0 Å². The van der Waals surface area contributed by atoms with Gasteiger partial charge in [0.05, 0.1) is 11.3 Å². The molecule has 1 heterocycles. The van der Waals surface area contributed by atoms with Crippen LogP contribution >= 0.6 is 15.9 Å². The van der Waals surface area contributed by atoms with Crippen LogP contribution in [0.25, 0.3) is 0 Å². The zero-order chi connectivity index (χ0) is 13.0. The molecule has 1 spiro atoms. The van der Waals surface area contributed by atoms with Crippen molar-refractivity contribution in [1.82, 2.24) is 0 Å². The first-order valence-corrected chi connectivity index (χ1v) is 6.81. The number of nitrogens with zero attached hydrogens (tertiary/aromatic N) is 1. The zero-order valence-corrected chi connectivity index (χ0v) is 11.3. The summed E-state index contributed by atoms with van der Waals surface area (Å²) in [6.07, 6.45) is -0.563. The molecule has 0 atom stereocenters. The van der Waals surface area contributed by atoms with Gasteiger partial charge in [0.2, 0.25) is 0 Å². The predicted octanol–water partition coefficient (Wildman–Crippen LogP) is 4.46. The third-order valence-corrected chi connectivity index (χ3v) is 4.75. The van der Waals surface area contributed by atoms with Gasteiger partial charge in [-0.3, -0.25) is 0 Å². The minimum absolute atomic E-state index is 0.410. The van der Waals surface area contributed by atoms with Crippen molar-refractivity contribution in [2.75, 3.05) is 18.0 Å². The Labute approximate surface area is 112 Å². The van der Waals surface area contributed by atoms with Gasteiger partial charge in [0, 0.05) is 23.0 Å². The summed E-state index contributed by atoms with van der Waals surface area (Å²) in [6.45, 7) is 1.79. The highest BCUT2D eigenvalue weighted by atomic mass is 79.9. The Bertz CT molecular complexity index is 472. The Kier molecular flexibility index (Phi) is 2.66. The maximum absolute atomic E-state index is 12.7. The van der Waals surface area contributed by atoms with Crippen molar-refractivity contribution in [2.45, 2.75) is 25.4 Å². The van der Waals surface area contributed by atoms with Crippen molar-refractivity contribution >= 4 is 21.6 Å². The molecule has 3 rings (SSSR count). The van der Waals surface area contributed by atoms with Crippen molar-refractivity contribution in [2.24, 2.45) is 5.41 Å². The van der Waals surface area contributed by atoms with E-state index in [1.165, 1.54) is 31.4 Å². The van der Waals surface area contributed by atoms with Gasteiger partial charge in [0.25, 0.3) is 0 Å². The summed E-state index contributed by atoms with van der Waals surface area (Å²) in [7, 11) is 0. The van der Waals surface area contributed by atoms with Gasteiger partial charge < -0.3 is 4.90 Å². The van der Waals surface area contributed by atoms with Crippen molar-refractivity contribution in [3.63, 3.8) is 0 Å². The first-order valence-electron chi connectivity index (χ1n) is 6.01. The standard InChI is InChI=1S/C13H13BrF3N/c14-10-3-2-9(13(15,16)17)6-11(10)18-7-12(8-18)4-1-5-12/h2-3,6H,1,4-5,7-8H2. The number of hydrogen-bond donors (Lipinski definition) is 0. The van der Waals surface area contributed by atoms with Crippen LogP contribution in [0.2, 0.25) is 0 Å². The van der Waals surface area contributed by atoms with E-state index < -0.39 is 11.7 Å². The lowest BCUT2D eigenvalue weighted by molar-refractivity contribution is -0.137. The molecule has 0 amide bonds. The van der Waals surface area contributed by atoms with Crippen molar-refractivity contribution in [3.05, 3.63) is 28.2 Å². The summed E-state index contributed by atoms with van der Waals surface area (Å²) in [5.41, 5.74) is 0.505. The maximum Gasteiger partial charge on any atom is 0.416 e. The molecule has 0 bridgehead atoms. The highest BCUT2D eigenvalue weighted by Gasteiger charge is 2.47. The Hall–Kier alpha value is -0.710. The van der Waals surface area contributed by atoms with Crippen LogP contribution in [0.3, 0.4) is 0 Å². The summed E-state index contributed by atoms with van der Waals surface area (Å²) >= 11 is 3.34. The number of alkyl halides is 3. The zero-order valence-electron chi connectivity index (χ0n) is 9.73. The molecule has 0 radical (unpaired) electrons. The van der Waals surface area contributed by atoms with E-state index in [4.69, 9.17) is 0 Å². The van der Waals surface area contributed by atoms with Crippen LogP contribution in [0.5, 0.6) is 0 Å². The van der Waals surface area contributed by atoms with Gasteiger partial charge in [0.15, 0.2) is 0 Å². The van der Waals surface area contributed by atoms with Crippen molar-refractivity contribution in [3.8, 4) is 0 Å². The molecule has 1 saturated heterocycles. The number of halogens is 4. The molecule has 2 aliphatic rings. The van der Waals surface area contributed by atoms with Crippen molar-refractivity contribution < 1.29 is 13.2 Å². The lowest BCUT2D eigenvalue weighted by atomic mass is 9.63. The average Bonchev–Trinajstić information content (AvgIpc) is 2.14. The fraction of sp³-hybridized carbons (Fsp3) is 0.538. The molecule has 2 fully saturated rings. The van der Waals surface area contributed by atoms with E-state index in [2.05, 4.69) is 15.9 Å². The van der Waals surface area contributed by atoms with Gasteiger partial charge >= 0.3 is 6.18 Å². The van der Waals surface area contributed by atoms with Gasteiger partial charge in [-0.2, -0.15) is 13.2 Å². The molecule has 1 aromatic rings. The predicted molar refractivity (Wildman–Crippen MR) is 67.6 cm³/mol. The highest BCUT2D eigenvalue weighted by molar-refractivity contribution is 9.10. The SMILES string of the molecule is FC(F)(F)c1ccc(Br)c(N2CC3(CCC3)C2)c1. The van der Waals surface area contributed by atoms with E-state index in [9.17, 15) is 13.2 Å². The van der Waals surface area contributed by atoms with E-state index >= 15 is 0 Å². The van der Waals surface area contributed by atoms with Crippen LogP contribution < -0.4 is 4.90 Å². The number of hydrogen-bond acceptors (Lipinski definition) is 1. The molecule has 5 heteroatoms. The second-order valence-electron chi connectivity index (χ2n) is 5.37. The van der Waals surface area contributed by atoms with Crippen molar-refractivity contribution in [1.29, 1.82) is 0 Å². The molecule has 1 aliphatic heterocycles. The average molecular weight is 320 g/mol. The smallest absolute Gasteiger partial charge is 0.369 e. The Morgan fingerprint density at radius 3 is 2.33 bits per heavy atom. The maximum atomic E-state index is 12.7. The van der Waals surface area contributed by atoms with Crippen LogP contribution in [0.4, 0.5) is 18.9 Å². The lowest BCUT2D eigenvalue weighted by Gasteiger charge is -2.57. The van der Waals surface area contributed by atoms with Gasteiger partial charge in [-0.25, -0.2) is 0 Å².